The third-order valence-corrected chi connectivity index (χ3v) is 3.83. The van der Waals surface area contributed by atoms with E-state index < -0.39 is 0 Å². The summed E-state index contributed by atoms with van der Waals surface area (Å²) in [6, 6.07) is 5.22. The highest BCUT2D eigenvalue weighted by Gasteiger charge is 2.24. The number of hydrogen-bond donors (Lipinski definition) is 4. The Morgan fingerprint density at radius 1 is 1.41 bits per heavy atom. The third-order valence-electron chi connectivity index (χ3n) is 3.06. The van der Waals surface area contributed by atoms with E-state index in [2.05, 4.69) is 26.6 Å². The van der Waals surface area contributed by atoms with E-state index in [0.29, 0.717) is 13.1 Å². The predicted molar refractivity (Wildman–Crippen MR) is 69.9 cm³/mol. The highest BCUT2D eigenvalue weighted by Crippen LogP contribution is 2.21. The van der Waals surface area contributed by atoms with E-state index in [1.165, 1.54) is 0 Å². The first-order valence-electron chi connectivity index (χ1n) is 5.73. The molecule has 0 bridgehead atoms. The van der Waals surface area contributed by atoms with Gasteiger partial charge in [0, 0.05) is 36.6 Å². The topological polar surface area (TPSA) is 64.5 Å². The van der Waals surface area contributed by atoms with Crippen LogP contribution in [0, 0.1) is 5.92 Å². The number of aliphatic hydroxyl groups excluding tert-OH is 1. The molecule has 0 aromatic heterocycles. The number of β-amino-alcohol motifs (C(OH)–C–C–N with tert-alkyl or cyclic N) is 1. The van der Waals surface area contributed by atoms with Crippen LogP contribution < -0.4 is 10.6 Å². The molecule has 0 amide bonds. The summed E-state index contributed by atoms with van der Waals surface area (Å²) in [5.41, 5.74) is 1.02. The van der Waals surface area contributed by atoms with Gasteiger partial charge in [-0.05, 0) is 23.8 Å². The average molecular weight is 301 g/mol. The number of benzene rings is 1. The number of halogens is 1. The molecule has 0 aliphatic carbocycles. The lowest BCUT2D eigenvalue weighted by Crippen LogP contribution is -2.30. The second kappa shape index (κ2) is 5.82. The molecule has 1 saturated heterocycles. The van der Waals surface area contributed by atoms with Crippen molar-refractivity contribution in [2.45, 2.75) is 12.6 Å². The fourth-order valence-corrected chi connectivity index (χ4v) is 2.40. The van der Waals surface area contributed by atoms with E-state index in [-0.39, 0.29) is 17.8 Å². The smallest absolute Gasteiger partial charge is 0.115 e. The first-order chi connectivity index (χ1) is 8.16. The van der Waals surface area contributed by atoms with E-state index in [1.807, 2.05) is 6.07 Å². The summed E-state index contributed by atoms with van der Waals surface area (Å²) in [7, 11) is 0. The molecule has 2 rings (SSSR count). The molecule has 5 heteroatoms. The van der Waals surface area contributed by atoms with Crippen LogP contribution >= 0.6 is 15.9 Å². The highest BCUT2D eigenvalue weighted by atomic mass is 79.9. The van der Waals surface area contributed by atoms with Crippen molar-refractivity contribution in [2.75, 3.05) is 19.6 Å². The van der Waals surface area contributed by atoms with Crippen LogP contribution in [0.2, 0.25) is 0 Å². The van der Waals surface area contributed by atoms with Gasteiger partial charge in [0.25, 0.3) is 0 Å². The standard InChI is InChI=1S/C12H17BrN2O2/c13-11-2-1-10(16)3-8(11)4-14-5-9-6-15-7-12(9)17/h1-3,9,12,14-17H,4-7H2. The quantitative estimate of drug-likeness (QED) is 0.665. The molecule has 0 spiro atoms. The van der Waals surface area contributed by atoms with Crippen LogP contribution in [0.15, 0.2) is 22.7 Å². The molecule has 4 nitrogen and oxygen atoms in total. The first kappa shape index (κ1) is 12.8. The van der Waals surface area contributed by atoms with Crippen molar-refractivity contribution in [3.05, 3.63) is 28.2 Å². The molecule has 0 saturated carbocycles. The van der Waals surface area contributed by atoms with Crippen molar-refractivity contribution in [3.63, 3.8) is 0 Å². The number of aliphatic hydroxyl groups is 1. The molecular weight excluding hydrogens is 284 g/mol. The number of aromatic hydroxyl groups is 1. The molecule has 1 aliphatic rings. The molecule has 2 unspecified atom stereocenters. The van der Waals surface area contributed by atoms with Gasteiger partial charge in [-0.2, -0.15) is 0 Å². The molecule has 1 aromatic rings. The zero-order chi connectivity index (χ0) is 12.3. The first-order valence-corrected chi connectivity index (χ1v) is 6.53. The summed E-state index contributed by atoms with van der Waals surface area (Å²) in [4.78, 5) is 0. The minimum Gasteiger partial charge on any atom is -0.508 e. The maximum atomic E-state index is 9.63. The normalized spacial score (nSPS) is 24.1. The minimum atomic E-state index is -0.255. The monoisotopic (exact) mass is 300 g/mol. The minimum absolute atomic E-state index is 0.255. The SMILES string of the molecule is Oc1ccc(Br)c(CNCC2CNCC2O)c1. The van der Waals surface area contributed by atoms with Crippen LogP contribution in [-0.4, -0.2) is 36.0 Å². The molecule has 1 aromatic carbocycles. The number of nitrogens with one attached hydrogen (secondary N) is 2. The van der Waals surface area contributed by atoms with Crippen LogP contribution in [0.5, 0.6) is 5.75 Å². The average Bonchev–Trinajstić information content (AvgIpc) is 2.70. The molecular formula is C12H17BrN2O2. The fourth-order valence-electron chi connectivity index (χ4n) is 2.02. The Bertz CT molecular complexity index is 387. The molecule has 17 heavy (non-hydrogen) atoms. The Balaban J connectivity index is 1.83. The van der Waals surface area contributed by atoms with E-state index >= 15 is 0 Å². The summed E-state index contributed by atoms with van der Waals surface area (Å²) in [6.07, 6.45) is -0.255. The van der Waals surface area contributed by atoms with Gasteiger partial charge in [-0.25, -0.2) is 0 Å². The Morgan fingerprint density at radius 2 is 2.24 bits per heavy atom. The molecule has 4 N–H and O–H groups in total. The van der Waals surface area contributed by atoms with E-state index in [9.17, 15) is 10.2 Å². The Hall–Kier alpha value is -0.620. The lowest BCUT2D eigenvalue weighted by Gasteiger charge is -2.14. The summed E-state index contributed by atoms with van der Waals surface area (Å²) >= 11 is 3.44. The second-order valence-electron chi connectivity index (χ2n) is 4.39. The number of phenols is 1. The number of hydrogen-bond acceptors (Lipinski definition) is 4. The van der Waals surface area contributed by atoms with Gasteiger partial charge in [0.1, 0.15) is 5.75 Å². The van der Waals surface area contributed by atoms with E-state index in [1.54, 1.807) is 12.1 Å². The summed E-state index contributed by atoms with van der Waals surface area (Å²) in [5.74, 6) is 0.540. The molecule has 1 heterocycles. The summed E-state index contributed by atoms with van der Waals surface area (Å²) in [5, 5.41) is 25.5. The van der Waals surface area contributed by atoms with Crippen molar-refractivity contribution in [1.82, 2.24) is 10.6 Å². The maximum Gasteiger partial charge on any atom is 0.115 e. The van der Waals surface area contributed by atoms with Gasteiger partial charge in [-0.3, -0.25) is 0 Å². The van der Waals surface area contributed by atoms with Crippen LogP contribution in [0.3, 0.4) is 0 Å². The number of phenolic OH excluding ortho intramolecular Hbond substituents is 1. The van der Waals surface area contributed by atoms with Crippen molar-refractivity contribution in [1.29, 1.82) is 0 Å². The van der Waals surface area contributed by atoms with Crippen molar-refractivity contribution >= 4 is 15.9 Å². The van der Waals surface area contributed by atoms with Gasteiger partial charge in [0.2, 0.25) is 0 Å². The van der Waals surface area contributed by atoms with Gasteiger partial charge in [0.15, 0.2) is 0 Å². The maximum absolute atomic E-state index is 9.63. The van der Waals surface area contributed by atoms with Gasteiger partial charge < -0.3 is 20.8 Å². The zero-order valence-corrected chi connectivity index (χ0v) is 11.1. The third kappa shape index (κ3) is 3.42. The van der Waals surface area contributed by atoms with Crippen LogP contribution in [-0.2, 0) is 6.54 Å². The largest absolute Gasteiger partial charge is 0.508 e. The molecule has 94 valence electrons. The predicted octanol–water partition coefficient (Wildman–Crippen LogP) is 0.825. The van der Waals surface area contributed by atoms with Crippen LogP contribution in [0.4, 0.5) is 0 Å². The molecule has 0 radical (unpaired) electrons. The van der Waals surface area contributed by atoms with Crippen LogP contribution in [0.25, 0.3) is 0 Å². The van der Waals surface area contributed by atoms with E-state index in [0.717, 1.165) is 23.1 Å². The second-order valence-corrected chi connectivity index (χ2v) is 5.25. The molecule has 1 fully saturated rings. The Labute approximate surface area is 109 Å². The highest BCUT2D eigenvalue weighted by molar-refractivity contribution is 9.10. The fraction of sp³-hybridized carbons (Fsp3) is 0.500. The summed E-state index contributed by atoms with van der Waals surface area (Å²) in [6.45, 7) is 2.99. The Morgan fingerprint density at radius 3 is 2.94 bits per heavy atom. The van der Waals surface area contributed by atoms with Gasteiger partial charge in [-0.1, -0.05) is 15.9 Å². The lowest BCUT2D eigenvalue weighted by atomic mass is 10.1. The Kier molecular flexibility index (Phi) is 4.39. The zero-order valence-electron chi connectivity index (χ0n) is 9.49. The molecule has 2 atom stereocenters. The summed E-state index contributed by atoms with van der Waals surface area (Å²) < 4.78 is 0.980. The van der Waals surface area contributed by atoms with Crippen molar-refractivity contribution < 1.29 is 10.2 Å². The van der Waals surface area contributed by atoms with Gasteiger partial charge in [-0.15, -0.1) is 0 Å². The van der Waals surface area contributed by atoms with Gasteiger partial charge >= 0.3 is 0 Å². The van der Waals surface area contributed by atoms with Crippen molar-refractivity contribution in [3.8, 4) is 5.75 Å². The van der Waals surface area contributed by atoms with Crippen molar-refractivity contribution in [2.24, 2.45) is 5.92 Å². The lowest BCUT2D eigenvalue weighted by molar-refractivity contribution is 0.146. The molecule has 1 aliphatic heterocycles. The van der Waals surface area contributed by atoms with Crippen LogP contribution in [0.1, 0.15) is 5.56 Å². The number of rotatable bonds is 4. The van der Waals surface area contributed by atoms with E-state index in [4.69, 9.17) is 0 Å². The van der Waals surface area contributed by atoms with Gasteiger partial charge in [0.05, 0.1) is 6.10 Å².